The molecule has 84 valence electrons. The van der Waals surface area contributed by atoms with E-state index in [1.807, 2.05) is 30.3 Å². The van der Waals surface area contributed by atoms with Gasteiger partial charge in [0.05, 0.1) is 0 Å². The predicted octanol–water partition coefficient (Wildman–Crippen LogP) is 3.85. The van der Waals surface area contributed by atoms with Crippen molar-refractivity contribution < 1.29 is 4.42 Å². The molecule has 17 heavy (non-hydrogen) atoms. The lowest BCUT2D eigenvalue weighted by Gasteiger charge is -2.02. The minimum absolute atomic E-state index is 0.615. The second kappa shape index (κ2) is 3.86. The van der Waals surface area contributed by atoms with E-state index in [4.69, 9.17) is 16.0 Å². The Morgan fingerprint density at radius 1 is 1.24 bits per heavy atom. The average molecular weight is 245 g/mol. The number of hydrogen-bond donors (Lipinski definition) is 0. The fourth-order valence-electron chi connectivity index (χ4n) is 1.77. The van der Waals surface area contributed by atoms with Gasteiger partial charge < -0.3 is 4.42 Å². The Hall–Kier alpha value is -1.87. The average Bonchev–Trinajstić information content (AvgIpc) is 2.68. The van der Waals surface area contributed by atoms with Gasteiger partial charge in [-0.05, 0) is 12.1 Å². The molecule has 0 radical (unpaired) electrons. The summed E-state index contributed by atoms with van der Waals surface area (Å²) >= 11 is 6.14. The van der Waals surface area contributed by atoms with E-state index in [2.05, 4.69) is 9.97 Å². The van der Waals surface area contributed by atoms with Crippen LogP contribution in [0.5, 0.6) is 0 Å². The molecule has 0 N–H and O–H groups in total. The predicted molar refractivity (Wildman–Crippen MR) is 67.0 cm³/mol. The number of oxazole rings is 1. The summed E-state index contributed by atoms with van der Waals surface area (Å²) in [5.41, 5.74) is 3.18. The second-order valence-electron chi connectivity index (χ2n) is 3.76. The van der Waals surface area contributed by atoms with Gasteiger partial charge in [-0.3, -0.25) is 0 Å². The molecule has 0 bridgehead atoms. The molecule has 3 aromatic rings. The van der Waals surface area contributed by atoms with Crippen LogP contribution in [0.2, 0.25) is 5.02 Å². The molecule has 0 aliphatic rings. The monoisotopic (exact) mass is 244 g/mol. The van der Waals surface area contributed by atoms with E-state index in [1.54, 1.807) is 13.1 Å². The van der Waals surface area contributed by atoms with Crippen LogP contribution < -0.4 is 0 Å². The van der Waals surface area contributed by atoms with Crippen molar-refractivity contribution in [3.8, 4) is 11.1 Å². The Kier molecular flexibility index (Phi) is 2.34. The SMILES string of the molecule is Cc1nc2ncc(-c3ccccc3Cl)cc2o1. The van der Waals surface area contributed by atoms with Gasteiger partial charge in [0.25, 0.3) is 0 Å². The molecule has 4 heteroatoms. The highest BCUT2D eigenvalue weighted by Crippen LogP contribution is 2.28. The van der Waals surface area contributed by atoms with Crippen LogP contribution in [0.25, 0.3) is 22.4 Å². The first-order valence-electron chi connectivity index (χ1n) is 5.22. The van der Waals surface area contributed by atoms with Gasteiger partial charge in [0, 0.05) is 29.3 Å². The molecule has 0 unspecified atom stereocenters. The van der Waals surface area contributed by atoms with Crippen molar-refractivity contribution in [2.75, 3.05) is 0 Å². The van der Waals surface area contributed by atoms with Crippen molar-refractivity contribution in [2.45, 2.75) is 6.92 Å². The first-order chi connectivity index (χ1) is 8.24. The Labute approximate surface area is 103 Å². The number of halogens is 1. The summed E-state index contributed by atoms with van der Waals surface area (Å²) in [6, 6.07) is 9.55. The molecule has 0 saturated carbocycles. The Balaban J connectivity index is 2.21. The van der Waals surface area contributed by atoms with Gasteiger partial charge >= 0.3 is 0 Å². The number of benzene rings is 1. The summed E-state index contributed by atoms with van der Waals surface area (Å²) in [7, 11) is 0. The second-order valence-corrected chi connectivity index (χ2v) is 4.17. The van der Waals surface area contributed by atoms with Crippen LogP contribution in [0.3, 0.4) is 0 Å². The smallest absolute Gasteiger partial charge is 0.198 e. The number of pyridine rings is 1. The summed E-state index contributed by atoms with van der Waals surface area (Å²) in [4.78, 5) is 8.42. The zero-order valence-electron chi connectivity index (χ0n) is 9.14. The number of nitrogens with zero attached hydrogens (tertiary/aromatic N) is 2. The van der Waals surface area contributed by atoms with E-state index >= 15 is 0 Å². The first-order valence-corrected chi connectivity index (χ1v) is 5.60. The zero-order valence-corrected chi connectivity index (χ0v) is 9.90. The Bertz CT molecular complexity index is 691. The highest BCUT2D eigenvalue weighted by Gasteiger charge is 2.08. The van der Waals surface area contributed by atoms with Gasteiger partial charge in [-0.2, -0.15) is 4.98 Å². The summed E-state index contributed by atoms with van der Waals surface area (Å²) in [5, 5.41) is 0.699. The maximum atomic E-state index is 6.14. The Morgan fingerprint density at radius 3 is 2.88 bits per heavy atom. The van der Waals surface area contributed by atoms with E-state index in [-0.39, 0.29) is 0 Å². The molecular formula is C13H9ClN2O. The summed E-state index contributed by atoms with van der Waals surface area (Å²) in [6.45, 7) is 1.80. The number of fused-ring (bicyclic) bond motifs is 1. The normalized spacial score (nSPS) is 10.9. The van der Waals surface area contributed by atoms with Gasteiger partial charge in [-0.15, -0.1) is 0 Å². The van der Waals surface area contributed by atoms with Gasteiger partial charge in [-0.25, -0.2) is 4.98 Å². The van der Waals surface area contributed by atoms with Crippen LogP contribution in [-0.2, 0) is 0 Å². The standard InChI is InChI=1S/C13H9ClN2O/c1-8-16-13-12(17-8)6-9(7-15-13)10-4-2-3-5-11(10)14/h2-7H,1H3. The van der Waals surface area contributed by atoms with Gasteiger partial charge in [0.15, 0.2) is 17.1 Å². The van der Waals surface area contributed by atoms with E-state index in [1.165, 1.54) is 0 Å². The van der Waals surface area contributed by atoms with Gasteiger partial charge in [0.2, 0.25) is 0 Å². The van der Waals surface area contributed by atoms with Crippen LogP contribution in [0, 0.1) is 6.92 Å². The molecule has 0 saturated heterocycles. The summed E-state index contributed by atoms with van der Waals surface area (Å²) < 4.78 is 5.45. The molecule has 0 fully saturated rings. The molecule has 0 aliphatic carbocycles. The minimum Gasteiger partial charge on any atom is -0.439 e. The lowest BCUT2D eigenvalue weighted by molar-refractivity contribution is 0.561. The third kappa shape index (κ3) is 1.78. The number of aryl methyl sites for hydroxylation is 1. The maximum absolute atomic E-state index is 6.14. The fourth-order valence-corrected chi connectivity index (χ4v) is 2.01. The number of aromatic nitrogens is 2. The summed E-state index contributed by atoms with van der Waals surface area (Å²) in [5.74, 6) is 0.615. The Morgan fingerprint density at radius 2 is 2.06 bits per heavy atom. The topological polar surface area (TPSA) is 38.9 Å². The van der Waals surface area contributed by atoms with E-state index < -0.39 is 0 Å². The lowest BCUT2D eigenvalue weighted by Crippen LogP contribution is -1.82. The van der Waals surface area contributed by atoms with Crippen molar-refractivity contribution in [3.05, 3.63) is 47.4 Å². The highest BCUT2D eigenvalue weighted by molar-refractivity contribution is 6.33. The lowest BCUT2D eigenvalue weighted by atomic mass is 10.1. The zero-order chi connectivity index (χ0) is 11.8. The summed E-state index contributed by atoms with van der Waals surface area (Å²) in [6.07, 6.45) is 1.76. The first kappa shape index (κ1) is 10.3. The van der Waals surface area contributed by atoms with Crippen molar-refractivity contribution in [1.29, 1.82) is 0 Å². The quantitative estimate of drug-likeness (QED) is 0.653. The molecule has 0 spiro atoms. The molecular weight excluding hydrogens is 236 g/mol. The third-order valence-corrected chi connectivity index (χ3v) is 2.87. The molecule has 3 nitrogen and oxygen atoms in total. The van der Waals surface area contributed by atoms with Crippen LogP contribution in [0.4, 0.5) is 0 Å². The van der Waals surface area contributed by atoms with Gasteiger partial charge in [0.1, 0.15) is 0 Å². The number of rotatable bonds is 1. The third-order valence-electron chi connectivity index (χ3n) is 2.54. The number of hydrogen-bond acceptors (Lipinski definition) is 3. The fraction of sp³-hybridized carbons (Fsp3) is 0.0769. The van der Waals surface area contributed by atoms with Crippen molar-refractivity contribution in [1.82, 2.24) is 9.97 Å². The van der Waals surface area contributed by atoms with Crippen molar-refractivity contribution in [2.24, 2.45) is 0 Å². The molecule has 0 amide bonds. The largest absolute Gasteiger partial charge is 0.439 e. The molecule has 2 aromatic heterocycles. The van der Waals surface area contributed by atoms with E-state index in [9.17, 15) is 0 Å². The van der Waals surface area contributed by atoms with Crippen LogP contribution in [0.15, 0.2) is 40.9 Å². The van der Waals surface area contributed by atoms with E-state index in [0.29, 0.717) is 22.1 Å². The van der Waals surface area contributed by atoms with Crippen molar-refractivity contribution in [3.63, 3.8) is 0 Å². The van der Waals surface area contributed by atoms with Crippen LogP contribution in [-0.4, -0.2) is 9.97 Å². The molecule has 0 aliphatic heterocycles. The van der Waals surface area contributed by atoms with E-state index in [0.717, 1.165) is 11.1 Å². The molecule has 0 atom stereocenters. The minimum atomic E-state index is 0.615. The molecule has 1 aromatic carbocycles. The van der Waals surface area contributed by atoms with Crippen molar-refractivity contribution >= 4 is 22.8 Å². The molecule has 2 heterocycles. The maximum Gasteiger partial charge on any atom is 0.198 e. The molecule has 3 rings (SSSR count). The highest BCUT2D eigenvalue weighted by atomic mass is 35.5. The van der Waals surface area contributed by atoms with Crippen LogP contribution in [0.1, 0.15) is 5.89 Å². The van der Waals surface area contributed by atoms with Crippen LogP contribution >= 0.6 is 11.6 Å². The van der Waals surface area contributed by atoms with Gasteiger partial charge in [-0.1, -0.05) is 29.8 Å².